The maximum Gasteiger partial charge on any atom is 0.255 e. The smallest absolute Gasteiger partial charge is 0.255 e. The number of aromatic nitrogens is 1. The molecule has 1 N–H and O–H groups in total. The predicted octanol–water partition coefficient (Wildman–Crippen LogP) is 5.55. The molecule has 1 atom stereocenters. The summed E-state index contributed by atoms with van der Waals surface area (Å²) in [6.45, 7) is 2.04. The van der Waals surface area contributed by atoms with Gasteiger partial charge in [0.1, 0.15) is 6.54 Å². The lowest BCUT2D eigenvalue weighted by atomic mass is 9.93. The van der Waals surface area contributed by atoms with Crippen molar-refractivity contribution in [3.8, 4) is 11.3 Å². The minimum Gasteiger partial charge on any atom is -0.378 e. The number of ether oxygens (including phenoxy) is 1. The van der Waals surface area contributed by atoms with Crippen LogP contribution < -0.4 is 0 Å². The largest absolute Gasteiger partial charge is 0.378 e. The Morgan fingerprint density at radius 3 is 2.53 bits per heavy atom. The summed E-state index contributed by atoms with van der Waals surface area (Å²) in [5.74, 6) is -0.244. The zero-order valence-electron chi connectivity index (χ0n) is 19.3. The number of morpholine rings is 1. The molecule has 1 saturated heterocycles. The van der Waals surface area contributed by atoms with Gasteiger partial charge >= 0.3 is 0 Å². The highest BCUT2D eigenvalue weighted by molar-refractivity contribution is 6.36. The molecule has 2 aliphatic rings. The molecule has 3 aromatic carbocycles. The van der Waals surface area contributed by atoms with E-state index in [0.29, 0.717) is 41.9 Å². The van der Waals surface area contributed by atoms with E-state index in [2.05, 4.69) is 4.98 Å². The number of hydrogen-bond acceptors (Lipinski definition) is 3. The number of halogens is 2. The van der Waals surface area contributed by atoms with Crippen molar-refractivity contribution in [2.75, 3.05) is 32.8 Å². The van der Waals surface area contributed by atoms with Crippen molar-refractivity contribution < 1.29 is 14.3 Å². The number of fused-ring (bicyclic) bond motifs is 2. The molecule has 0 spiro atoms. The summed E-state index contributed by atoms with van der Waals surface area (Å²) in [4.78, 5) is 34.0. The van der Waals surface area contributed by atoms with E-state index in [1.54, 1.807) is 21.9 Å². The molecular weight excluding hydrogens is 497 g/mol. The summed E-state index contributed by atoms with van der Waals surface area (Å²) in [5, 5.41) is 2.02. The summed E-state index contributed by atoms with van der Waals surface area (Å²) in [7, 11) is 0. The van der Waals surface area contributed by atoms with E-state index < -0.39 is 6.04 Å². The third-order valence-electron chi connectivity index (χ3n) is 6.95. The number of nitrogens with zero attached hydrogens (tertiary/aromatic N) is 2. The van der Waals surface area contributed by atoms with Crippen molar-refractivity contribution in [1.29, 1.82) is 0 Å². The van der Waals surface area contributed by atoms with Crippen molar-refractivity contribution in [2.24, 2.45) is 0 Å². The SMILES string of the molecule is O=C(CN1C(=O)c2ccccc2[C@@H]1c1c(-c2ccc(Cl)cc2Cl)[nH]c2ccccc12)N1CCOCC1. The number of benzene rings is 3. The Morgan fingerprint density at radius 2 is 1.72 bits per heavy atom. The average Bonchev–Trinajstić information content (AvgIpc) is 3.39. The van der Waals surface area contributed by atoms with Crippen LogP contribution in [-0.4, -0.2) is 59.4 Å². The Labute approximate surface area is 218 Å². The van der Waals surface area contributed by atoms with Crippen LogP contribution in [0, 0.1) is 0 Å². The number of para-hydroxylation sites is 1. The standard InChI is InChI=1S/C28H23Cl2N3O3/c29-17-9-10-20(22(30)15-17)26-25(21-7-3-4-8-23(21)31-26)27-18-5-1-2-6-19(18)28(35)33(27)16-24(34)32-11-13-36-14-12-32/h1-10,15,27,31H,11-14,16H2/t27-/m1/s1. The summed E-state index contributed by atoms with van der Waals surface area (Å²) >= 11 is 12.9. The highest BCUT2D eigenvalue weighted by Crippen LogP contribution is 2.46. The second-order valence-electron chi connectivity index (χ2n) is 9.00. The summed E-state index contributed by atoms with van der Waals surface area (Å²) < 4.78 is 5.40. The molecule has 36 heavy (non-hydrogen) atoms. The fourth-order valence-corrected chi connectivity index (χ4v) is 5.76. The van der Waals surface area contributed by atoms with E-state index >= 15 is 0 Å². The van der Waals surface area contributed by atoms with Crippen LogP contribution in [0.5, 0.6) is 0 Å². The Balaban J connectivity index is 1.53. The number of hydrogen-bond donors (Lipinski definition) is 1. The van der Waals surface area contributed by atoms with E-state index in [1.807, 2.05) is 54.6 Å². The average molecular weight is 520 g/mol. The molecule has 6 nitrogen and oxygen atoms in total. The van der Waals surface area contributed by atoms with Gasteiger partial charge in [-0.1, -0.05) is 59.6 Å². The third kappa shape index (κ3) is 3.86. The number of carbonyl (C=O) groups is 2. The van der Waals surface area contributed by atoms with Gasteiger partial charge in [0, 0.05) is 45.7 Å². The number of amides is 2. The molecule has 0 saturated carbocycles. The molecule has 8 heteroatoms. The molecule has 4 aromatic rings. The minimum atomic E-state index is -0.461. The van der Waals surface area contributed by atoms with Gasteiger partial charge in [0.15, 0.2) is 0 Å². The van der Waals surface area contributed by atoms with Crippen LogP contribution in [0.4, 0.5) is 0 Å². The highest BCUT2D eigenvalue weighted by Gasteiger charge is 2.41. The van der Waals surface area contributed by atoms with Gasteiger partial charge in [-0.25, -0.2) is 0 Å². The topological polar surface area (TPSA) is 65.6 Å². The first-order valence-corrected chi connectivity index (χ1v) is 12.6. The van der Waals surface area contributed by atoms with E-state index in [-0.39, 0.29) is 18.4 Å². The van der Waals surface area contributed by atoms with E-state index in [1.165, 1.54) is 0 Å². The number of rotatable bonds is 4. The van der Waals surface area contributed by atoms with Gasteiger partial charge in [0.05, 0.1) is 30.0 Å². The van der Waals surface area contributed by atoms with Crippen molar-refractivity contribution in [2.45, 2.75) is 6.04 Å². The molecular formula is C28H23Cl2N3O3. The zero-order valence-corrected chi connectivity index (χ0v) is 20.9. The second-order valence-corrected chi connectivity index (χ2v) is 9.84. The van der Waals surface area contributed by atoms with Crippen molar-refractivity contribution in [3.05, 3.63) is 93.5 Å². The van der Waals surface area contributed by atoms with Gasteiger partial charge < -0.3 is 19.5 Å². The first kappa shape index (κ1) is 23.1. The third-order valence-corrected chi connectivity index (χ3v) is 7.50. The fourth-order valence-electron chi connectivity index (χ4n) is 5.26. The Kier molecular flexibility index (Phi) is 5.96. The maximum atomic E-state index is 13.7. The summed E-state index contributed by atoms with van der Waals surface area (Å²) in [6.07, 6.45) is 0. The van der Waals surface area contributed by atoms with Crippen LogP contribution in [0.25, 0.3) is 22.2 Å². The van der Waals surface area contributed by atoms with E-state index in [0.717, 1.165) is 33.3 Å². The molecule has 0 aliphatic carbocycles. The van der Waals surface area contributed by atoms with Gasteiger partial charge in [-0.05, 0) is 35.9 Å². The molecule has 182 valence electrons. The summed E-state index contributed by atoms with van der Waals surface area (Å²) in [5.41, 5.74) is 4.89. The van der Waals surface area contributed by atoms with Crippen molar-refractivity contribution >= 4 is 45.9 Å². The lowest BCUT2D eigenvalue weighted by Gasteiger charge is -2.31. The molecule has 2 aliphatic heterocycles. The lowest BCUT2D eigenvalue weighted by molar-refractivity contribution is -0.136. The predicted molar refractivity (Wildman–Crippen MR) is 140 cm³/mol. The molecule has 3 heterocycles. The molecule has 0 radical (unpaired) electrons. The van der Waals surface area contributed by atoms with Gasteiger partial charge in [-0.2, -0.15) is 0 Å². The highest BCUT2D eigenvalue weighted by atomic mass is 35.5. The number of nitrogens with one attached hydrogen (secondary N) is 1. The van der Waals surface area contributed by atoms with Crippen molar-refractivity contribution in [3.63, 3.8) is 0 Å². The van der Waals surface area contributed by atoms with Gasteiger partial charge in [0.25, 0.3) is 5.91 Å². The monoisotopic (exact) mass is 519 g/mol. The molecule has 6 rings (SSSR count). The number of carbonyl (C=O) groups excluding carboxylic acids is 2. The van der Waals surface area contributed by atoms with Crippen LogP contribution in [0.3, 0.4) is 0 Å². The van der Waals surface area contributed by atoms with Crippen LogP contribution in [0.1, 0.15) is 27.5 Å². The number of H-pyrrole nitrogens is 1. The summed E-state index contributed by atoms with van der Waals surface area (Å²) in [6, 6.07) is 20.5. The first-order chi connectivity index (χ1) is 17.5. The molecule has 0 bridgehead atoms. The normalized spacial score (nSPS) is 17.6. The maximum absolute atomic E-state index is 13.7. The van der Waals surface area contributed by atoms with Gasteiger partial charge in [0.2, 0.25) is 5.91 Å². The quantitative estimate of drug-likeness (QED) is 0.384. The lowest BCUT2D eigenvalue weighted by Crippen LogP contribution is -2.46. The Morgan fingerprint density at radius 1 is 0.972 bits per heavy atom. The molecule has 2 amide bonds. The molecule has 1 aromatic heterocycles. The van der Waals surface area contributed by atoms with Gasteiger partial charge in [-0.15, -0.1) is 0 Å². The molecule has 0 unspecified atom stereocenters. The van der Waals surface area contributed by atoms with Crippen LogP contribution in [-0.2, 0) is 9.53 Å². The zero-order chi connectivity index (χ0) is 24.8. The van der Waals surface area contributed by atoms with Crippen LogP contribution in [0.15, 0.2) is 66.7 Å². The second kappa shape index (κ2) is 9.28. The van der Waals surface area contributed by atoms with Crippen molar-refractivity contribution in [1.82, 2.24) is 14.8 Å². The van der Waals surface area contributed by atoms with E-state index in [4.69, 9.17) is 27.9 Å². The molecule has 1 fully saturated rings. The van der Waals surface area contributed by atoms with Gasteiger partial charge in [-0.3, -0.25) is 9.59 Å². The van der Waals surface area contributed by atoms with Crippen LogP contribution >= 0.6 is 23.2 Å². The number of aromatic amines is 1. The minimum absolute atomic E-state index is 0.0223. The fraction of sp³-hybridized carbons (Fsp3) is 0.214. The van der Waals surface area contributed by atoms with Crippen LogP contribution in [0.2, 0.25) is 10.0 Å². The Hall–Kier alpha value is -3.32. The Bertz CT molecular complexity index is 1490. The first-order valence-electron chi connectivity index (χ1n) is 11.8. The van der Waals surface area contributed by atoms with E-state index in [9.17, 15) is 9.59 Å².